The van der Waals surface area contributed by atoms with E-state index in [-0.39, 0.29) is 25.7 Å². The average molecular weight is 1240 g/mol. The van der Waals surface area contributed by atoms with Gasteiger partial charge >= 0.3 is 39.5 Å². The standard InChI is InChI=1S/C65H122O17P2/c1-8-10-11-12-13-14-15-16-17-18-19-20-23-32-39-46-62(67)75-52-60(81-64(69)48-41-34-24-21-22-29-36-43-56(3)4)54-79-83(71,72)77-50-59(66)51-78-84(73,74)80-55-61(82-65(70)49-42-35-27-25-30-37-44-57(5)6)53-76-63(68)47-40-33-28-26-31-38-45-58(7)9-2/h14-17,56-61,66H,8-13,18-55H2,1-7H3,(H,71,72)(H,73,74)/b15-14-,17-16-/t58?,59-,60-,61-/m1/s1. The van der Waals surface area contributed by atoms with Crippen LogP contribution in [0.4, 0.5) is 0 Å². The molecule has 0 aromatic rings. The molecular weight excluding hydrogens is 1110 g/mol. The molecule has 0 rings (SSSR count). The van der Waals surface area contributed by atoms with E-state index in [9.17, 15) is 43.2 Å². The Bertz CT molecular complexity index is 1760. The van der Waals surface area contributed by atoms with Gasteiger partial charge in [-0.1, -0.05) is 240 Å². The van der Waals surface area contributed by atoms with E-state index in [1.807, 2.05) is 0 Å². The minimum atomic E-state index is -4.95. The quantitative estimate of drug-likeness (QED) is 0.0169. The van der Waals surface area contributed by atoms with E-state index in [1.165, 1.54) is 77.0 Å². The number of esters is 4. The maximum absolute atomic E-state index is 13.0. The summed E-state index contributed by atoms with van der Waals surface area (Å²) in [4.78, 5) is 72.2. The van der Waals surface area contributed by atoms with Crippen LogP contribution in [0, 0.1) is 17.8 Å². The molecular formula is C65H122O17P2. The van der Waals surface area contributed by atoms with Gasteiger partial charge in [-0.2, -0.15) is 0 Å². The van der Waals surface area contributed by atoms with Crippen LogP contribution in [0.1, 0.15) is 292 Å². The van der Waals surface area contributed by atoms with Crippen molar-refractivity contribution in [3.63, 3.8) is 0 Å². The molecule has 17 nitrogen and oxygen atoms in total. The highest BCUT2D eigenvalue weighted by atomic mass is 31.2. The number of aliphatic hydroxyl groups excluding tert-OH is 1. The summed E-state index contributed by atoms with van der Waals surface area (Å²) in [7, 11) is -9.90. The highest BCUT2D eigenvalue weighted by Gasteiger charge is 2.30. The fourth-order valence-electron chi connectivity index (χ4n) is 9.08. The number of aliphatic hydroxyl groups is 1. The van der Waals surface area contributed by atoms with Crippen LogP contribution in [0.2, 0.25) is 0 Å². The van der Waals surface area contributed by atoms with Crippen molar-refractivity contribution in [2.24, 2.45) is 17.8 Å². The molecule has 0 bridgehead atoms. The second-order valence-electron chi connectivity index (χ2n) is 24.0. The van der Waals surface area contributed by atoms with Gasteiger partial charge in [0.2, 0.25) is 0 Å². The number of hydrogen-bond donors (Lipinski definition) is 3. The third-order valence-corrected chi connectivity index (χ3v) is 16.5. The fraction of sp³-hybridized carbons (Fsp3) is 0.877. The number of carbonyl (C=O) groups is 4. The first-order valence-corrected chi connectivity index (χ1v) is 36.2. The lowest BCUT2D eigenvalue weighted by molar-refractivity contribution is -0.161. The van der Waals surface area contributed by atoms with Crippen LogP contribution in [0.25, 0.3) is 0 Å². The molecule has 0 aliphatic heterocycles. The molecule has 0 amide bonds. The van der Waals surface area contributed by atoms with Crippen molar-refractivity contribution in [2.45, 2.75) is 311 Å². The molecule has 494 valence electrons. The summed E-state index contributed by atoms with van der Waals surface area (Å²) in [5, 5.41) is 10.5. The topological polar surface area (TPSA) is 237 Å². The molecule has 0 aromatic heterocycles. The second-order valence-corrected chi connectivity index (χ2v) is 26.9. The summed E-state index contributed by atoms with van der Waals surface area (Å²) in [6.07, 6.45) is 40.1. The van der Waals surface area contributed by atoms with E-state index in [4.69, 9.17) is 37.0 Å². The molecule has 3 N–H and O–H groups in total. The fourth-order valence-corrected chi connectivity index (χ4v) is 10.7. The third-order valence-electron chi connectivity index (χ3n) is 14.6. The lowest BCUT2D eigenvalue weighted by Gasteiger charge is -2.21. The largest absolute Gasteiger partial charge is 0.472 e. The molecule has 19 heteroatoms. The Balaban J connectivity index is 5.25. The number of allylic oxidation sites excluding steroid dienone is 4. The summed E-state index contributed by atoms with van der Waals surface area (Å²) >= 11 is 0. The Labute approximate surface area is 510 Å². The number of carbonyl (C=O) groups excluding carboxylic acids is 4. The number of unbranched alkanes of at least 4 members (excludes halogenated alkanes) is 25. The van der Waals surface area contributed by atoms with Crippen molar-refractivity contribution in [1.29, 1.82) is 0 Å². The summed E-state index contributed by atoms with van der Waals surface area (Å²) < 4.78 is 67.9. The van der Waals surface area contributed by atoms with Crippen LogP contribution in [-0.4, -0.2) is 96.7 Å². The minimum absolute atomic E-state index is 0.0958. The maximum atomic E-state index is 13.0. The number of rotatable bonds is 61. The second kappa shape index (κ2) is 55.8. The van der Waals surface area contributed by atoms with Gasteiger partial charge in [-0.25, -0.2) is 9.13 Å². The first kappa shape index (κ1) is 81.5. The summed E-state index contributed by atoms with van der Waals surface area (Å²) in [5.41, 5.74) is 0. The molecule has 0 radical (unpaired) electrons. The van der Waals surface area contributed by atoms with Crippen molar-refractivity contribution < 1.29 is 80.2 Å². The molecule has 0 aliphatic rings. The first-order valence-electron chi connectivity index (χ1n) is 33.2. The molecule has 3 unspecified atom stereocenters. The van der Waals surface area contributed by atoms with Gasteiger partial charge < -0.3 is 33.8 Å². The average Bonchev–Trinajstić information content (AvgIpc) is 3.49. The van der Waals surface area contributed by atoms with Gasteiger partial charge in [0.15, 0.2) is 12.2 Å². The minimum Gasteiger partial charge on any atom is -0.462 e. The molecule has 84 heavy (non-hydrogen) atoms. The Morgan fingerprint density at radius 3 is 1.06 bits per heavy atom. The molecule has 0 aliphatic carbocycles. The van der Waals surface area contributed by atoms with Crippen LogP contribution in [0.5, 0.6) is 0 Å². The zero-order valence-corrected chi connectivity index (χ0v) is 55.6. The van der Waals surface area contributed by atoms with Gasteiger partial charge in [0.1, 0.15) is 19.3 Å². The van der Waals surface area contributed by atoms with Crippen molar-refractivity contribution in [2.75, 3.05) is 39.6 Å². The predicted molar refractivity (Wildman–Crippen MR) is 335 cm³/mol. The highest BCUT2D eigenvalue weighted by molar-refractivity contribution is 7.47. The van der Waals surface area contributed by atoms with Crippen molar-refractivity contribution in [3.05, 3.63) is 24.3 Å². The molecule has 0 heterocycles. The van der Waals surface area contributed by atoms with Crippen LogP contribution in [0.3, 0.4) is 0 Å². The van der Waals surface area contributed by atoms with Crippen molar-refractivity contribution >= 4 is 39.5 Å². The summed E-state index contributed by atoms with van der Waals surface area (Å²) in [6, 6.07) is 0. The summed E-state index contributed by atoms with van der Waals surface area (Å²) in [6.45, 7) is 11.5. The zero-order valence-electron chi connectivity index (χ0n) is 53.8. The van der Waals surface area contributed by atoms with E-state index >= 15 is 0 Å². The maximum Gasteiger partial charge on any atom is 0.472 e. The number of phosphoric ester groups is 2. The summed E-state index contributed by atoms with van der Waals surface area (Å²) in [5.74, 6) is -0.0833. The smallest absolute Gasteiger partial charge is 0.462 e. The lowest BCUT2D eigenvalue weighted by Crippen LogP contribution is -2.30. The first-order chi connectivity index (χ1) is 40.3. The molecule has 6 atom stereocenters. The molecule has 0 spiro atoms. The monoisotopic (exact) mass is 1240 g/mol. The molecule has 0 aromatic carbocycles. The van der Waals surface area contributed by atoms with Gasteiger partial charge in [-0.05, 0) is 69.1 Å². The Morgan fingerprint density at radius 2 is 0.702 bits per heavy atom. The Kier molecular flexibility index (Phi) is 54.2. The molecule has 0 saturated carbocycles. The van der Waals surface area contributed by atoms with Gasteiger partial charge in [-0.3, -0.25) is 37.3 Å². The Morgan fingerprint density at radius 1 is 0.393 bits per heavy atom. The van der Waals surface area contributed by atoms with E-state index in [0.717, 1.165) is 121 Å². The molecule has 0 saturated heterocycles. The van der Waals surface area contributed by atoms with Gasteiger partial charge in [0, 0.05) is 25.7 Å². The third kappa shape index (κ3) is 57.3. The van der Waals surface area contributed by atoms with Crippen LogP contribution in [-0.2, 0) is 65.4 Å². The SMILES string of the molecule is CCCCCC/C=C\C=C/CCCCCCCC(=O)OC[C@H](COP(=O)(O)OC[C@@H](O)COP(=O)(O)OC[C@@H](COC(=O)CCCCCCCCC(C)CC)OC(=O)CCCCCCCCC(C)C)OC(=O)CCCCCCCCCC(C)C. The number of hydrogen-bond acceptors (Lipinski definition) is 15. The van der Waals surface area contributed by atoms with Crippen molar-refractivity contribution in [1.82, 2.24) is 0 Å². The van der Waals surface area contributed by atoms with Crippen LogP contribution < -0.4 is 0 Å². The normalized spacial score (nSPS) is 14.9. The number of phosphoric acid groups is 2. The van der Waals surface area contributed by atoms with E-state index in [0.29, 0.717) is 37.5 Å². The van der Waals surface area contributed by atoms with Gasteiger partial charge in [0.05, 0.1) is 26.4 Å². The van der Waals surface area contributed by atoms with Gasteiger partial charge in [0.25, 0.3) is 0 Å². The lowest BCUT2D eigenvalue weighted by atomic mass is 10.00. The van der Waals surface area contributed by atoms with Crippen LogP contribution in [0.15, 0.2) is 24.3 Å². The van der Waals surface area contributed by atoms with Crippen molar-refractivity contribution in [3.8, 4) is 0 Å². The number of ether oxygens (including phenoxy) is 4. The zero-order chi connectivity index (χ0) is 62.4. The molecule has 0 fully saturated rings. The van der Waals surface area contributed by atoms with Crippen LogP contribution >= 0.6 is 15.6 Å². The van der Waals surface area contributed by atoms with E-state index in [1.54, 1.807) is 0 Å². The van der Waals surface area contributed by atoms with E-state index in [2.05, 4.69) is 72.8 Å². The van der Waals surface area contributed by atoms with Gasteiger partial charge in [-0.15, -0.1) is 0 Å². The van der Waals surface area contributed by atoms with E-state index < -0.39 is 97.5 Å². The highest BCUT2D eigenvalue weighted by Crippen LogP contribution is 2.45. The Hall–Kier alpha value is -2.46. The predicted octanol–water partition coefficient (Wildman–Crippen LogP) is 17.4.